The van der Waals surface area contributed by atoms with Gasteiger partial charge in [-0.25, -0.2) is 0 Å². The highest BCUT2D eigenvalue weighted by atomic mass is 16.7. The van der Waals surface area contributed by atoms with E-state index in [0.717, 1.165) is 44.1 Å². The average molecular weight is 917 g/mol. The molecule has 0 bridgehead atoms. The molecule has 0 amide bonds. The molecule has 0 spiro atoms. The lowest BCUT2D eigenvalue weighted by atomic mass is 9.35. The monoisotopic (exact) mass is 917 g/mol. The SMILES string of the molecule is CC(C)=CCCC(C)(OC1OC(COC2OCC(O)C(O)C2O)C(O)C(O)C1O)C1CCC2(C)C1CCC1C3(CO)CCC(OC4OC(CO)C(O)C(O)C4O)C(C)(C)C3CCC12C. The van der Waals surface area contributed by atoms with Gasteiger partial charge in [-0.15, -0.1) is 0 Å². The van der Waals surface area contributed by atoms with Crippen molar-refractivity contribution in [3.63, 3.8) is 0 Å². The molecule has 4 aliphatic carbocycles. The summed E-state index contributed by atoms with van der Waals surface area (Å²) in [6.07, 6.45) is -10.2. The molecule has 17 nitrogen and oxygen atoms in total. The Morgan fingerprint density at radius 2 is 1.30 bits per heavy atom. The Labute approximate surface area is 377 Å². The van der Waals surface area contributed by atoms with Gasteiger partial charge in [0.2, 0.25) is 0 Å². The van der Waals surface area contributed by atoms with Crippen molar-refractivity contribution in [1.82, 2.24) is 0 Å². The van der Waals surface area contributed by atoms with E-state index in [1.165, 1.54) is 0 Å². The molecule has 23 unspecified atom stereocenters. The summed E-state index contributed by atoms with van der Waals surface area (Å²) in [7, 11) is 0. The van der Waals surface area contributed by atoms with Gasteiger partial charge in [0.1, 0.15) is 67.1 Å². The standard InChI is InChI=1S/C47H80O17/c1-23(2)9-8-15-46(7,64-42-39(58)36(55)34(53)28(62-42)21-60-40-37(56)32(51)26(50)20-59-40)25-12-16-44(5)24(25)10-11-30-45(44,6)17-13-29-43(3,4)31(14-18-47(29,30)22-49)63-41-38(57)35(54)33(52)27(19-48)61-41/h9,24-42,48-58H,8,10-22H2,1-7H3. The van der Waals surface area contributed by atoms with Gasteiger partial charge in [0, 0.05) is 12.0 Å². The number of fused-ring (bicyclic) bond motifs is 5. The van der Waals surface area contributed by atoms with E-state index in [0.29, 0.717) is 25.7 Å². The maximum absolute atomic E-state index is 11.7. The minimum atomic E-state index is -1.64. The van der Waals surface area contributed by atoms with Crippen LogP contribution >= 0.6 is 0 Å². The summed E-state index contributed by atoms with van der Waals surface area (Å²) in [6, 6.07) is 0. The van der Waals surface area contributed by atoms with Crippen molar-refractivity contribution in [3.05, 3.63) is 11.6 Å². The zero-order chi connectivity index (χ0) is 46.9. The summed E-state index contributed by atoms with van der Waals surface area (Å²) in [5.41, 5.74) is -0.893. The zero-order valence-corrected chi connectivity index (χ0v) is 38.8. The Hall–Kier alpha value is -0.940. The maximum atomic E-state index is 11.7. The van der Waals surface area contributed by atoms with Crippen molar-refractivity contribution < 1.29 is 84.6 Å². The molecule has 7 rings (SSSR count). The van der Waals surface area contributed by atoms with Gasteiger partial charge in [-0.3, -0.25) is 0 Å². The Kier molecular flexibility index (Phi) is 15.2. The minimum Gasteiger partial charge on any atom is -0.396 e. The Morgan fingerprint density at radius 3 is 1.95 bits per heavy atom. The molecule has 0 aromatic carbocycles. The number of rotatable bonds is 13. The predicted octanol–water partition coefficient (Wildman–Crippen LogP) is 0.614. The van der Waals surface area contributed by atoms with Crippen molar-refractivity contribution in [2.75, 3.05) is 26.4 Å². The highest BCUT2D eigenvalue weighted by molar-refractivity contribution is 5.19. The number of hydrogen-bond acceptors (Lipinski definition) is 17. The summed E-state index contributed by atoms with van der Waals surface area (Å²) in [6.45, 7) is 14.1. The summed E-state index contributed by atoms with van der Waals surface area (Å²) in [4.78, 5) is 0. The van der Waals surface area contributed by atoms with E-state index in [1.807, 2.05) is 13.8 Å². The molecule has 64 heavy (non-hydrogen) atoms. The molecule has 3 aliphatic heterocycles. The van der Waals surface area contributed by atoms with Crippen LogP contribution in [0.2, 0.25) is 0 Å². The van der Waals surface area contributed by atoms with Gasteiger partial charge >= 0.3 is 0 Å². The van der Waals surface area contributed by atoms with E-state index in [1.54, 1.807) is 0 Å². The summed E-state index contributed by atoms with van der Waals surface area (Å²) >= 11 is 0. The number of allylic oxidation sites excluding steroid dienone is 2. The van der Waals surface area contributed by atoms with Gasteiger partial charge in [-0.05, 0) is 125 Å². The fraction of sp³-hybridized carbons (Fsp3) is 0.957. The van der Waals surface area contributed by atoms with E-state index in [-0.39, 0.29) is 60.4 Å². The van der Waals surface area contributed by atoms with Crippen LogP contribution in [0.15, 0.2) is 11.6 Å². The number of aliphatic hydroxyl groups is 11. The third kappa shape index (κ3) is 8.60. The van der Waals surface area contributed by atoms with Crippen LogP contribution in [0.25, 0.3) is 0 Å². The van der Waals surface area contributed by atoms with E-state index in [2.05, 4.69) is 40.7 Å². The third-order valence-electron chi connectivity index (χ3n) is 18.4. The molecule has 11 N–H and O–H groups in total. The summed E-state index contributed by atoms with van der Waals surface area (Å²) in [5.74, 6) is 0.482. The molecule has 0 aromatic rings. The molecule has 17 heteroatoms. The molecular weight excluding hydrogens is 836 g/mol. The van der Waals surface area contributed by atoms with Crippen LogP contribution in [0.5, 0.6) is 0 Å². The van der Waals surface area contributed by atoms with Crippen molar-refractivity contribution >= 4 is 0 Å². The fourth-order valence-corrected chi connectivity index (χ4v) is 14.5. The second-order valence-corrected chi connectivity index (χ2v) is 22.2. The van der Waals surface area contributed by atoms with E-state index in [9.17, 15) is 56.2 Å². The van der Waals surface area contributed by atoms with Crippen molar-refractivity contribution in [1.29, 1.82) is 0 Å². The first-order valence-electron chi connectivity index (χ1n) is 23.9. The van der Waals surface area contributed by atoms with Gasteiger partial charge < -0.3 is 84.6 Å². The van der Waals surface area contributed by atoms with Crippen LogP contribution < -0.4 is 0 Å². The smallest absolute Gasteiger partial charge is 0.187 e. The molecule has 23 atom stereocenters. The van der Waals surface area contributed by atoms with E-state index < -0.39 is 109 Å². The van der Waals surface area contributed by atoms with E-state index >= 15 is 0 Å². The summed E-state index contributed by atoms with van der Waals surface area (Å²) in [5, 5.41) is 117. The molecule has 0 aromatic heterocycles. The summed E-state index contributed by atoms with van der Waals surface area (Å²) < 4.78 is 36.5. The van der Waals surface area contributed by atoms with Crippen LogP contribution in [-0.2, 0) is 28.4 Å². The molecule has 370 valence electrons. The largest absolute Gasteiger partial charge is 0.396 e. The van der Waals surface area contributed by atoms with Crippen molar-refractivity contribution in [2.24, 2.45) is 45.3 Å². The fourth-order valence-electron chi connectivity index (χ4n) is 14.5. The lowest BCUT2D eigenvalue weighted by Crippen LogP contribution is -2.67. The molecular formula is C47H80O17. The number of ether oxygens (including phenoxy) is 6. The maximum Gasteiger partial charge on any atom is 0.187 e. The molecule has 3 heterocycles. The predicted molar refractivity (Wildman–Crippen MR) is 228 cm³/mol. The van der Waals surface area contributed by atoms with Gasteiger partial charge in [-0.1, -0.05) is 39.3 Å². The molecule has 4 saturated carbocycles. The lowest BCUT2D eigenvalue weighted by molar-refractivity contribution is -0.345. The number of aliphatic hydroxyl groups excluding tert-OH is 11. The van der Waals surface area contributed by atoms with Crippen LogP contribution in [-0.4, -0.2) is 180 Å². The van der Waals surface area contributed by atoms with Gasteiger partial charge in [0.15, 0.2) is 18.9 Å². The second kappa shape index (κ2) is 19.1. The van der Waals surface area contributed by atoms with Crippen LogP contribution in [0, 0.1) is 45.3 Å². The zero-order valence-electron chi connectivity index (χ0n) is 38.8. The van der Waals surface area contributed by atoms with Gasteiger partial charge in [0.05, 0.1) is 31.5 Å². The highest BCUT2D eigenvalue weighted by Gasteiger charge is 2.71. The second-order valence-electron chi connectivity index (χ2n) is 22.2. The first-order chi connectivity index (χ1) is 30.0. The quantitative estimate of drug-likeness (QED) is 0.0893. The lowest BCUT2D eigenvalue weighted by Gasteiger charge is -2.70. The first kappa shape index (κ1) is 50.9. The average Bonchev–Trinajstić information content (AvgIpc) is 3.62. The van der Waals surface area contributed by atoms with Crippen LogP contribution in [0.3, 0.4) is 0 Å². The first-order valence-corrected chi connectivity index (χ1v) is 23.9. The highest BCUT2D eigenvalue weighted by Crippen LogP contribution is 2.76. The third-order valence-corrected chi connectivity index (χ3v) is 18.4. The van der Waals surface area contributed by atoms with Gasteiger partial charge in [-0.2, -0.15) is 0 Å². The van der Waals surface area contributed by atoms with Crippen molar-refractivity contribution in [2.45, 2.75) is 210 Å². The molecule has 0 radical (unpaired) electrons. The van der Waals surface area contributed by atoms with Crippen LogP contribution in [0.4, 0.5) is 0 Å². The Morgan fingerprint density at radius 1 is 0.672 bits per heavy atom. The topological polar surface area (TPSA) is 278 Å². The van der Waals surface area contributed by atoms with Gasteiger partial charge in [0.25, 0.3) is 0 Å². The molecule has 7 aliphatic rings. The number of hydrogen-bond donors (Lipinski definition) is 11. The Balaban J connectivity index is 1.10. The van der Waals surface area contributed by atoms with Crippen molar-refractivity contribution in [3.8, 4) is 0 Å². The molecule has 3 saturated heterocycles. The Bertz CT molecular complexity index is 1610. The van der Waals surface area contributed by atoms with E-state index in [4.69, 9.17) is 28.4 Å². The molecule has 7 fully saturated rings. The normalized spacial score (nSPS) is 51.3. The minimum absolute atomic E-state index is 0.0200. The van der Waals surface area contributed by atoms with Crippen LogP contribution in [0.1, 0.15) is 113 Å².